The van der Waals surface area contributed by atoms with E-state index in [1.54, 1.807) is 0 Å². The van der Waals surface area contributed by atoms with E-state index in [0.717, 1.165) is 27.6 Å². The molecule has 0 aliphatic rings. The monoisotopic (exact) mass is 316 g/mol. The minimum atomic E-state index is 0.228. The first-order chi connectivity index (χ1) is 9.08. The van der Waals surface area contributed by atoms with Gasteiger partial charge in [-0.2, -0.15) is 0 Å². The van der Waals surface area contributed by atoms with Gasteiger partial charge in [0.2, 0.25) is 0 Å². The normalized spacial score (nSPS) is 10.5. The smallest absolute Gasteiger partial charge is 0.163 e. The standard InChI is InChI=1S/C17H17BrO/c1-12-10-15(18)11-13(2)17(12)16(19)9-8-14-6-4-3-5-7-14/h3-7,10-11H,8-9H2,1-2H3. The van der Waals surface area contributed by atoms with E-state index < -0.39 is 0 Å². The van der Waals surface area contributed by atoms with Crippen molar-refractivity contribution in [2.75, 3.05) is 0 Å². The minimum Gasteiger partial charge on any atom is -0.294 e. The van der Waals surface area contributed by atoms with Gasteiger partial charge in [0.25, 0.3) is 0 Å². The summed E-state index contributed by atoms with van der Waals surface area (Å²) in [7, 11) is 0. The fraction of sp³-hybridized carbons (Fsp3) is 0.235. The lowest BCUT2D eigenvalue weighted by Crippen LogP contribution is -2.06. The van der Waals surface area contributed by atoms with Gasteiger partial charge in [-0.25, -0.2) is 0 Å². The van der Waals surface area contributed by atoms with Crippen LogP contribution in [-0.4, -0.2) is 5.78 Å². The van der Waals surface area contributed by atoms with Crippen LogP contribution >= 0.6 is 15.9 Å². The molecule has 0 bridgehead atoms. The van der Waals surface area contributed by atoms with Crippen molar-refractivity contribution in [2.24, 2.45) is 0 Å². The highest BCUT2D eigenvalue weighted by molar-refractivity contribution is 9.10. The molecule has 0 radical (unpaired) electrons. The predicted octanol–water partition coefficient (Wildman–Crippen LogP) is 4.88. The maximum absolute atomic E-state index is 12.4. The average molecular weight is 317 g/mol. The summed E-state index contributed by atoms with van der Waals surface area (Å²) >= 11 is 3.46. The van der Waals surface area contributed by atoms with Crippen molar-refractivity contribution < 1.29 is 4.79 Å². The van der Waals surface area contributed by atoms with Gasteiger partial charge in [0.15, 0.2) is 5.78 Å². The molecule has 0 spiro atoms. The molecule has 2 rings (SSSR count). The molecule has 0 unspecified atom stereocenters. The quantitative estimate of drug-likeness (QED) is 0.734. The fourth-order valence-electron chi connectivity index (χ4n) is 2.38. The first-order valence-corrected chi connectivity index (χ1v) is 7.21. The summed E-state index contributed by atoms with van der Waals surface area (Å²) in [5.41, 5.74) is 4.18. The van der Waals surface area contributed by atoms with Gasteiger partial charge in [0, 0.05) is 16.5 Å². The molecule has 1 nitrogen and oxygen atoms in total. The Bertz CT molecular complexity index is 564. The van der Waals surface area contributed by atoms with Gasteiger partial charge in [0.1, 0.15) is 0 Å². The van der Waals surface area contributed by atoms with Crippen molar-refractivity contribution in [3.05, 3.63) is 69.2 Å². The Labute approximate surface area is 122 Å². The van der Waals surface area contributed by atoms with Crippen molar-refractivity contribution >= 4 is 21.7 Å². The second kappa shape index (κ2) is 6.16. The van der Waals surface area contributed by atoms with Crippen LogP contribution in [0.3, 0.4) is 0 Å². The molecule has 0 fully saturated rings. The Kier molecular flexibility index (Phi) is 4.54. The highest BCUT2D eigenvalue weighted by Crippen LogP contribution is 2.22. The van der Waals surface area contributed by atoms with Gasteiger partial charge in [-0.05, 0) is 49.1 Å². The van der Waals surface area contributed by atoms with Crippen molar-refractivity contribution in [1.29, 1.82) is 0 Å². The number of aryl methyl sites for hydroxylation is 3. The highest BCUT2D eigenvalue weighted by Gasteiger charge is 2.12. The second-order valence-electron chi connectivity index (χ2n) is 4.82. The van der Waals surface area contributed by atoms with Crippen LogP contribution < -0.4 is 0 Å². The largest absolute Gasteiger partial charge is 0.294 e. The molecular formula is C17H17BrO. The molecule has 0 heterocycles. The Morgan fingerprint density at radius 2 is 1.63 bits per heavy atom. The Morgan fingerprint density at radius 1 is 1.05 bits per heavy atom. The summed E-state index contributed by atoms with van der Waals surface area (Å²) in [5.74, 6) is 0.228. The van der Waals surface area contributed by atoms with E-state index in [0.29, 0.717) is 6.42 Å². The number of hydrogen-bond donors (Lipinski definition) is 0. The zero-order valence-corrected chi connectivity index (χ0v) is 12.8. The lowest BCUT2D eigenvalue weighted by atomic mass is 9.95. The number of Topliss-reactive ketones (excluding diaryl/α,β-unsaturated/α-hetero) is 1. The molecule has 0 amide bonds. The van der Waals surface area contributed by atoms with Crippen molar-refractivity contribution in [2.45, 2.75) is 26.7 Å². The fourth-order valence-corrected chi connectivity index (χ4v) is 3.06. The van der Waals surface area contributed by atoms with Crippen LogP contribution in [0.15, 0.2) is 46.9 Å². The third-order valence-electron chi connectivity index (χ3n) is 3.26. The topological polar surface area (TPSA) is 17.1 Å². The van der Waals surface area contributed by atoms with Crippen LogP contribution in [0, 0.1) is 13.8 Å². The van der Waals surface area contributed by atoms with Crippen LogP contribution in [0.5, 0.6) is 0 Å². The van der Waals surface area contributed by atoms with Gasteiger partial charge < -0.3 is 0 Å². The van der Waals surface area contributed by atoms with Crippen molar-refractivity contribution in [3.63, 3.8) is 0 Å². The summed E-state index contributed by atoms with van der Waals surface area (Å²) in [6.45, 7) is 3.99. The molecule has 0 atom stereocenters. The SMILES string of the molecule is Cc1cc(Br)cc(C)c1C(=O)CCc1ccccc1. The van der Waals surface area contributed by atoms with Gasteiger partial charge in [-0.15, -0.1) is 0 Å². The van der Waals surface area contributed by atoms with E-state index in [-0.39, 0.29) is 5.78 Å². The first kappa shape index (κ1) is 14.0. The number of carbonyl (C=O) groups is 1. The lowest BCUT2D eigenvalue weighted by Gasteiger charge is -2.09. The van der Waals surface area contributed by atoms with E-state index >= 15 is 0 Å². The number of hydrogen-bond acceptors (Lipinski definition) is 1. The molecule has 0 saturated heterocycles. The Hall–Kier alpha value is -1.41. The van der Waals surface area contributed by atoms with Gasteiger partial charge >= 0.3 is 0 Å². The Morgan fingerprint density at radius 3 is 2.21 bits per heavy atom. The molecule has 0 saturated carbocycles. The summed E-state index contributed by atoms with van der Waals surface area (Å²) in [5, 5.41) is 0. The summed E-state index contributed by atoms with van der Waals surface area (Å²) in [4.78, 5) is 12.4. The summed E-state index contributed by atoms with van der Waals surface area (Å²) < 4.78 is 1.03. The number of rotatable bonds is 4. The molecule has 2 aromatic carbocycles. The average Bonchev–Trinajstić information content (AvgIpc) is 2.36. The van der Waals surface area contributed by atoms with E-state index in [1.165, 1.54) is 5.56 Å². The van der Waals surface area contributed by atoms with E-state index in [2.05, 4.69) is 28.1 Å². The number of halogens is 1. The van der Waals surface area contributed by atoms with Crippen LogP contribution in [0.4, 0.5) is 0 Å². The van der Waals surface area contributed by atoms with E-state index in [9.17, 15) is 4.79 Å². The molecule has 19 heavy (non-hydrogen) atoms. The van der Waals surface area contributed by atoms with Gasteiger partial charge in [0.05, 0.1) is 0 Å². The van der Waals surface area contributed by atoms with Gasteiger partial charge in [-0.1, -0.05) is 46.3 Å². The summed E-state index contributed by atoms with van der Waals surface area (Å²) in [6, 6.07) is 14.1. The molecule has 0 aliphatic heterocycles. The summed E-state index contributed by atoms with van der Waals surface area (Å²) in [6.07, 6.45) is 1.36. The molecule has 0 aromatic heterocycles. The zero-order valence-electron chi connectivity index (χ0n) is 11.2. The van der Waals surface area contributed by atoms with Crippen LogP contribution in [0.2, 0.25) is 0 Å². The van der Waals surface area contributed by atoms with Crippen LogP contribution in [0.25, 0.3) is 0 Å². The second-order valence-corrected chi connectivity index (χ2v) is 5.74. The van der Waals surface area contributed by atoms with Crippen molar-refractivity contribution in [3.8, 4) is 0 Å². The van der Waals surface area contributed by atoms with E-state index in [4.69, 9.17) is 0 Å². The maximum atomic E-state index is 12.4. The molecule has 2 heteroatoms. The first-order valence-electron chi connectivity index (χ1n) is 6.42. The zero-order chi connectivity index (χ0) is 13.8. The molecule has 0 aliphatic carbocycles. The Balaban J connectivity index is 2.13. The van der Waals surface area contributed by atoms with Crippen molar-refractivity contribution in [1.82, 2.24) is 0 Å². The molecular weight excluding hydrogens is 300 g/mol. The third kappa shape index (κ3) is 3.54. The number of carbonyl (C=O) groups excluding carboxylic acids is 1. The molecule has 98 valence electrons. The maximum Gasteiger partial charge on any atom is 0.163 e. The highest BCUT2D eigenvalue weighted by atomic mass is 79.9. The predicted molar refractivity (Wildman–Crippen MR) is 82.7 cm³/mol. The molecule has 0 N–H and O–H groups in total. The minimum absolute atomic E-state index is 0.228. The van der Waals surface area contributed by atoms with E-state index in [1.807, 2.05) is 44.2 Å². The molecule has 2 aromatic rings. The number of ketones is 1. The lowest BCUT2D eigenvalue weighted by molar-refractivity contribution is 0.0981. The van der Waals surface area contributed by atoms with Crippen LogP contribution in [0.1, 0.15) is 33.5 Å². The third-order valence-corrected chi connectivity index (χ3v) is 3.72. The number of benzene rings is 2. The van der Waals surface area contributed by atoms with Gasteiger partial charge in [-0.3, -0.25) is 4.79 Å². The van der Waals surface area contributed by atoms with Crippen LogP contribution in [-0.2, 0) is 6.42 Å².